The van der Waals surface area contributed by atoms with E-state index in [0.29, 0.717) is 10.9 Å². The van der Waals surface area contributed by atoms with E-state index in [1.165, 1.54) is 51.3 Å². The molecule has 0 aliphatic rings. The number of pyridine rings is 2. The number of aliphatic hydroxyl groups is 2. The normalized spacial score (nSPS) is 12.4. The molecule has 3 N–H and O–H groups in total. The zero-order valence-corrected chi connectivity index (χ0v) is 21.1. The van der Waals surface area contributed by atoms with Crippen LogP contribution in [0.5, 0.6) is 5.75 Å². The van der Waals surface area contributed by atoms with Crippen LogP contribution in [0.2, 0.25) is 0 Å². The molecule has 10 heteroatoms. The van der Waals surface area contributed by atoms with Crippen molar-refractivity contribution in [2.75, 3.05) is 13.7 Å². The molecule has 0 fully saturated rings. The summed E-state index contributed by atoms with van der Waals surface area (Å²) in [5.74, 6) is -2.33. The molecule has 0 saturated carbocycles. The second-order valence-electron chi connectivity index (χ2n) is 9.40. The quantitative estimate of drug-likeness (QED) is 0.302. The molecule has 1 amide bonds. The highest BCUT2D eigenvalue weighted by molar-refractivity contribution is 6.00. The number of hydrogen-bond acceptors (Lipinski definition) is 6. The second kappa shape index (κ2) is 10.4. The number of amides is 1. The minimum Gasteiger partial charge on any atom is -0.494 e. The number of aliphatic hydroxyl groups excluding tert-OH is 1. The summed E-state index contributed by atoms with van der Waals surface area (Å²) < 4.78 is 47.9. The summed E-state index contributed by atoms with van der Waals surface area (Å²) in [6.45, 7) is 4.02. The van der Waals surface area contributed by atoms with E-state index in [4.69, 9.17) is 4.74 Å². The van der Waals surface area contributed by atoms with Crippen molar-refractivity contribution in [1.82, 2.24) is 15.3 Å². The number of ether oxygens (including phenoxy) is 1. The summed E-state index contributed by atoms with van der Waals surface area (Å²) in [6.07, 6.45) is -1.37. The van der Waals surface area contributed by atoms with Gasteiger partial charge in [-0.05, 0) is 69.3 Å². The van der Waals surface area contributed by atoms with E-state index in [-0.39, 0.29) is 45.9 Å². The fraction of sp³-hybridized carbons (Fsp3) is 0.250. The molecule has 0 aliphatic heterocycles. The van der Waals surface area contributed by atoms with E-state index in [0.717, 1.165) is 12.1 Å². The molecule has 0 aliphatic carbocycles. The number of rotatable bonds is 7. The summed E-state index contributed by atoms with van der Waals surface area (Å²) in [7, 11) is 1.37. The first-order chi connectivity index (χ1) is 17.9. The van der Waals surface area contributed by atoms with Crippen LogP contribution in [0.3, 0.4) is 0 Å². The van der Waals surface area contributed by atoms with Gasteiger partial charge in [-0.1, -0.05) is 0 Å². The highest BCUT2D eigenvalue weighted by atomic mass is 19.1. The van der Waals surface area contributed by atoms with Gasteiger partial charge in [0.1, 0.15) is 28.9 Å². The Balaban J connectivity index is 1.63. The molecule has 198 valence electrons. The average molecular weight is 526 g/mol. The molecule has 38 heavy (non-hydrogen) atoms. The number of halogens is 3. The Hall–Kier alpha value is -4.02. The van der Waals surface area contributed by atoms with E-state index in [1.807, 2.05) is 0 Å². The van der Waals surface area contributed by atoms with Crippen LogP contribution in [0.1, 0.15) is 47.1 Å². The van der Waals surface area contributed by atoms with Gasteiger partial charge in [0, 0.05) is 34.2 Å². The maximum absolute atomic E-state index is 15.3. The van der Waals surface area contributed by atoms with Crippen molar-refractivity contribution < 1.29 is 32.9 Å². The van der Waals surface area contributed by atoms with Gasteiger partial charge in [-0.15, -0.1) is 0 Å². The lowest BCUT2D eigenvalue weighted by atomic mass is 9.94. The van der Waals surface area contributed by atoms with Gasteiger partial charge in [0.2, 0.25) is 5.95 Å². The second-order valence-corrected chi connectivity index (χ2v) is 9.40. The molecular formula is C28H26F3N3O4. The molecule has 0 spiro atoms. The monoisotopic (exact) mass is 525 g/mol. The summed E-state index contributed by atoms with van der Waals surface area (Å²) in [5, 5.41) is 24.4. The number of aromatic nitrogens is 2. The van der Waals surface area contributed by atoms with Gasteiger partial charge in [-0.2, -0.15) is 4.39 Å². The molecule has 0 bridgehead atoms. The molecule has 1 atom stereocenters. The highest BCUT2D eigenvalue weighted by Gasteiger charge is 2.27. The van der Waals surface area contributed by atoms with Crippen molar-refractivity contribution in [2.24, 2.45) is 0 Å². The van der Waals surface area contributed by atoms with Gasteiger partial charge in [-0.3, -0.25) is 4.79 Å². The predicted octanol–water partition coefficient (Wildman–Crippen LogP) is 4.72. The van der Waals surface area contributed by atoms with Crippen LogP contribution >= 0.6 is 0 Å². The van der Waals surface area contributed by atoms with E-state index >= 15 is 4.39 Å². The molecule has 1 unspecified atom stereocenters. The molecule has 2 aromatic carbocycles. The van der Waals surface area contributed by atoms with E-state index < -0.39 is 35.2 Å². The van der Waals surface area contributed by atoms with Gasteiger partial charge in [-0.25, -0.2) is 18.7 Å². The van der Waals surface area contributed by atoms with Crippen molar-refractivity contribution in [3.8, 4) is 17.0 Å². The Morgan fingerprint density at radius 1 is 1.08 bits per heavy atom. The van der Waals surface area contributed by atoms with Crippen molar-refractivity contribution in [1.29, 1.82) is 0 Å². The van der Waals surface area contributed by atoms with Crippen LogP contribution in [0.15, 0.2) is 48.5 Å². The van der Waals surface area contributed by atoms with Gasteiger partial charge >= 0.3 is 0 Å². The van der Waals surface area contributed by atoms with Crippen molar-refractivity contribution in [2.45, 2.75) is 32.5 Å². The number of methoxy groups -OCH3 is 1. The smallest absolute Gasteiger partial charge is 0.251 e. The standard InChI is InChI=1S/C28H26F3N3O4/c1-14-9-16-10-17(11-22(38-4)24(16)34-26(14)31)27(36)32-13-21(35)20-12-19(28(2,3)37)23(30)25(33-20)15-5-7-18(29)8-6-15/h5-12,21,35,37H,13H2,1-4H3,(H,32,36). The summed E-state index contributed by atoms with van der Waals surface area (Å²) in [6, 6.07) is 10.7. The molecule has 7 nitrogen and oxygen atoms in total. The first-order valence-corrected chi connectivity index (χ1v) is 11.7. The van der Waals surface area contributed by atoms with Crippen molar-refractivity contribution >= 4 is 16.8 Å². The first-order valence-electron chi connectivity index (χ1n) is 11.7. The third kappa shape index (κ3) is 5.46. The summed E-state index contributed by atoms with van der Waals surface area (Å²) >= 11 is 0. The Labute approximate surface area is 216 Å². The van der Waals surface area contributed by atoms with Crippen LogP contribution in [0.25, 0.3) is 22.2 Å². The number of carbonyl (C=O) groups excluding carboxylic acids is 1. The van der Waals surface area contributed by atoms with Gasteiger partial charge < -0.3 is 20.3 Å². The van der Waals surface area contributed by atoms with Crippen LogP contribution in [0.4, 0.5) is 13.2 Å². The fourth-order valence-corrected chi connectivity index (χ4v) is 3.99. The van der Waals surface area contributed by atoms with Gasteiger partial charge in [0.25, 0.3) is 5.91 Å². The van der Waals surface area contributed by atoms with E-state index in [9.17, 15) is 23.8 Å². The Kier molecular flexibility index (Phi) is 7.39. The van der Waals surface area contributed by atoms with Crippen molar-refractivity contribution in [3.63, 3.8) is 0 Å². The predicted molar refractivity (Wildman–Crippen MR) is 135 cm³/mol. The van der Waals surface area contributed by atoms with Crippen LogP contribution < -0.4 is 10.1 Å². The van der Waals surface area contributed by atoms with E-state index in [2.05, 4.69) is 15.3 Å². The Morgan fingerprint density at radius 2 is 1.76 bits per heavy atom. The van der Waals surface area contributed by atoms with Crippen molar-refractivity contribution in [3.05, 3.63) is 88.5 Å². The maximum Gasteiger partial charge on any atom is 0.251 e. The number of nitrogens with one attached hydrogen (secondary N) is 1. The van der Waals surface area contributed by atoms with Gasteiger partial charge in [0.15, 0.2) is 5.82 Å². The Bertz CT molecular complexity index is 1520. The number of fused-ring (bicyclic) bond motifs is 1. The first kappa shape index (κ1) is 27.0. The molecule has 0 saturated heterocycles. The molecule has 4 aromatic rings. The largest absolute Gasteiger partial charge is 0.494 e. The lowest BCUT2D eigenvalue weighted by molar-refractivity contribution is 0.0736. The van der Waals surface area contributed by atoms with Crippen LogP contribution in [-0.4, -0.2) is 39.7 Å². The minimum absolute atomic E-state index is 0.00505. The third-order valence-electron chi connectivity index (χ3n) is 6.05. The average Bonchev–Trinajstić information content (AvgIpc) is 2.87. The van der Waals surface area contributed by atoms with Gasteiger partial charge in [0.05, 0.1) is 18.4 Å². The zero-order chi connectivity index (χ0) is 27.8. The number of nitrogens with zero attached hydrogens (tertiary/aromatic N) is 2. The lowest BCUT2D eigenvalue weighted by Gasteiger charge is -2.22. The number of carbonyl (C=O) groups is 1. The SMILES string of the molecule is COc1cc(C(=O)NCC(O)c2cc(C(C)(C)O)c(F)c(-c3ccc(F)cc3)n2)cc2cc(C)c(F)nc12. The lowest BCUT2D eigenvalue weighted by Crippen LogP contribution is -2.29. The maximum atomic E-state index is 15.3. The summed E-state index contributed by atoms with van der Waals surface area (Å²) in [4.78, 5) is 21.0. The highest BCUT2D eigenvalue weighted by Crippen LogP contribution is 2.32. The third-order valence-corrected chi connectivity index (χ3v) is 6.05. The Morgan fingerprint density at radius 3 is 2.39 bits per heavy atom. The topological polar surface area (TPSA) is 105 Å². The number of benzene rings is 2. The number of hydrogen-bond donors (Lipinski definition) is 3. The molecule has 2 heterocycles. The molecule has 2 aromatic heterocycles. The molecular weight excluding hydrogens is 499 g/mol. The molecule has 0 radical (unpaired) electrons. The van der Waals surface area contributed by atoms with E-state index in [1.54, 1.807) is 13.0 Å². The minimum atomic E-state index is -1.62. The van der Waals surface area contributed by atoms with Crippen LogP contribution in [0, 0.1) is 24.5 Å². The van der Waals surface area contributed by atoms with Crippen LogP contribution in [-0.2, 0) is 5.60 Å². The fourth-order valence-electron chi connectivity index (χ4n) is 3.99. The zero-order valence-electron chi connectivity index (χ0n) is 21.1. The molecule has 4 rings (SSSR count). The number of aryl methyl sites for hydroxylation is 1. The summed E-state index contributed by atoms with van der Waals surface area (Å²) in [5.41, 5.74) is -0.936.